The molecule has 4 nitrogen and oxygen atoms in total. The summed E-state index contributed by atoms with van der Waals surface area (Å²) in [6.07, 6.45) is 3.81. The van der Waals surface area contributed by atoms with Crippen molar-refractivity contribution in [1.29, 1.82) is 0 Å². The number of nitrogens with one attached hydrogen (secondary N) is 1. The van der Waals surface area contributed by atoms with Gasteiger partial charge in [-0.15, -0.1) is 0 Å². The summed E-state index contributed by atoms with van der Waals surface area (Å²) < 4.78 is 25.4. The van der Waals surface area contributed by atoms with E-state index in [0.717, 1.165) is 5.56 Å². The lowest BCUT2D eigenvalue weighted by atomic mass is 10.3. The number of aryl methyl sites for hydroxylation is 1. The molecule has 0 aromatic carbocycles. The molecule has 0 amide bonds. The highest BCUT2D eigenvalue weighted by Gasteiger charge is 2.09. The van der Waals surface area contributed by atoms with Gasteiger partial charge in [-0.3, -0.25) is 9.71 Å². The zero-order chi connectivity index (χ0) is 10.6. The van der Waals surface area contributed by atoms with E-state index in [1.54, 1.807) is 18.5 Å². The minimum absolute atomic E-state index is 0.148. The minimum atomic E-state index is -3.18. The molecule has 0 atom stereocenters. The van der Waals surface area contributed by atoms with Crippen LogP contribution in [0, 0.1) is 6.92 Å². The van der Waals surface area contributed by atoms with E-state index in [0.29, 0.717) is 12.1 Å². The fourth-order valence-electron chi connectivity index (χ4n) is 1.08. The molecule has 1 heterocycles. The Labute approximate surface area is 84.4 Å². The third-order valence-electron chi connectivity index (χ3n) is 1.76. The van der Waals surface area contributed by atoms with E-state index in [1.165, 1.54) is 0 Å². The van der Waals surface area contributed by atoms with E-state index in [2.05, 4.69) is 9.71 Å². The maximum atomic E-state index is 11.4. The van der Waals surface area contributed by atoms with Crippen molar-refractivity contribution in [2.24, 2.45) is 0 Å². The second-order valence-corrected chi connectivity index (χ2v) is 4.95. The second-order valence-electron chi connectivity index (χ2n) is 3.11. The molecule has 0 aliphatic heterocycles. The van der Waals surface area contributed by atoms with Gasteiger partial charge in [0.25, 0.3) is 0 Å². The quantitative estimate of drug-likeness (QED) is 0.827. The number of anilines is 1. The zero-order valence-electron chi connectivity index (χ0n) is 8.32. The van der Waals surface area contributed by atoms with Crippen LogP contribution in [0.4, 0.5) is 5.69 Å². The highest BCUT2D eigenvalue weighted by molar-refractivity contribution is 7.92. The molecule has 1 N–H and O–H groups in total. The monoisotopic (exact) mass is 214 g/mol. The van der Waals surface area contributed by atoms with E-state index in [4.69, 9.17) is 0 Å². The molecule has 0 saturated carbocycles. The highest BCUT2D eigenvalue weighted by atomic mass is 32.2. The summed E-state index contributed by atoms with van der Waals surface area (Å²) >= 11 is 0. The molecular weight excluding hydrogens is 200 g/mol. The summed E-state index contributed by atoms with van der Waals surface area (Å²) in [6, 6.07) is 1.66. The van der Waals surface area contributed by atoms with Crippen molar-refractivity contribution in [1.82, 2.24) is 4.98 Å². The number of nitrogens with zero attached hydrogens (tertiary/aromatic N) is 1. The van der Waals surface area contributed by atoms with Crippen LogP contribution in [-0.4, -0.2) is 19.2 Å². The van der Waals surface area contributed by atoms with Crippen LogP contribution in [0.2, 0.25) is 0 Å². The van der Waals surface area contributed by atoms with Crippen LogP contribution < -0.4 is 4.72 Å². The number of rotatable bonds is 4. The van der Waals surface area contributed by atoms with Crippen molar-refractivity contribution < 1.29 is 8.42 Å². The van der Waals surface area contributed by atoms with Gasteiger partial charge in [-0.25, -0.2) is 8.42 Å². The van der Waals surface area contributed by atoms with Crippen molar-refractivity contribution in [2.75, 3.05) is 10.5 Å². The van der Waals surface area contributed by atoms with E-state index < -0.39 is 10.0 Å². The Bertz CT molecular complexity index is 401. The fraction of sp³-hybridized carbons (Fsp3) is 0.444. The number of aromatic nitrogens is 1. The molecule has 78 valence electrons. The zero-order valence-corrected chi connectivity index (χ0v) is 9.13. The molecule has 1 rings (SSSR count). The van der Waals surface area contributed by atoms with Crippen LogP contribution in [-0.2, 0) is 10.0 Å². The molecule has 1 aromatic heterocycles. The summed E-state index contributed by atoms with van der Waals surface area (Å²) in [7, 11) is -3.18. The predicted molar refractivity (Wildman–Crippen MR) is 56.7 cm³/mol. The molecule has 0 radical (unpaired) electrons. The third-order valence-corrected chi connectivity index (χ3v) is 3.24. The first-order chi connectivity index (χ1) is 6.55. The molecule has 0 bridgehead atoms. The van der Waals surface area contributed by atoms with E-state index in [9.17, 15) is 8.42 Å². The fourth-order valence-corrected chi connectivity index (χ4v) is 2.28. The SMILES string of the molecule is CCCS(=O)(=O)Nc1ccncc1C. The smallest absolute Gasteiger partial charge is 0.232 e. The van der Waals surface area contributed by atoms with Gasteiger partial charge in [0.15, 0.2) is 0 Å². The highest BCUT2D eigenvalue weighted by Crippen LogP contribution is 2.13. The Morgan fingerprint density at radius 1 is 1.50 bits per heavy atom. The van der Waals surface area contributed by atoms with Gasteiger partial charge < -0.3 is 0 Å². The van der Waals surface area contributed by atoms with Crippen molar-refractivity contribution in [3.8, 4) is 0 Å². The average molecular weight is 214 g/mol. The number of pyridine rings is 1. The lowest BCUT2D eigenvalue weighted by Crippen LogP contribution is -2.16. The van der Waals surface area contributed by atoms with Crippen LogP contribution in [0.3, 0.4) is 0 Å². The van der Waals surface area contributed by atoms with Crippen LogP contribution in [0.5, 0.6) is 0 Å². The predicted octanol–water partition coefficient (Wildman–Crippen LogP) is 1.54. The normalized spacial score (nSPS) is 11.3. The van der Waals surface area contributed by atoms with Gasteiger partial charge in [0, 0.05) is 12.4 Å². The largest absolute Gasteiger partial charge is 0.283 e. The standard InChI is InChI=1S/C9H14N2O2S/c1-3-6-14(12,13)11-9-4-5-10-7-8(9)2/h4-5,7H,3,6H2,1-2H3,(H,10,11). The van der Waals surface area contributed by atoms with Crippen molar-refractivity contribution in [3.63, 3.8) is 0 Å². The Morgan fingerprint density at radius 3 is 2.79 bits per heavy atom. The Balaban J connectivity index is 2.84. The van der Waals surface area contributed by atoms with Crippen LogP contribution >= 0.6 is 0 Å². The molecule has 0 saturated heterocycles. The van der Waals surface area contributed by atoms with Gasteiger partial charge in [-0.2, -0.15) is 0 Å². The van der Waals surface area contributed by atoms with E-state index in [-0.39, 0.29) is 5.75 Å². The summed E-state index contributed by atoms with van der Waals surface area (Å²) in [5.74, 6) is 0.148. The lowest BCUT2D eigenvalue weighted by Gasteiger charge is -2.08. The van der Waals surface area contributed by atoms with Crippen LogP contribution in [0.15, 0.2) is 18.5 Å². The number of hydrogen-bond acceptors (Lipinski definition) is 3. The van der Waals surface area contributed by atoms with Gasteiger partial charge in [0.1, 0.15) is 0 Å². The van der Waals surface area contributed by atoms with Crippen LogP contribution in [0.1, 0.15) is 18.9 Å². The van der Waals surface area contributed by atoms with Gasteiger partial charge in [-0.05, 0) is 25.0 Å². The van der Waals surface area contributed by atoms with Gasteiger partial charge in [0.2, 0.25) is 10.0 Å². The molecule has 5 heteroatoms. The van der Waals surface area contributed by atoms with Gasteiger partial charge >= 0.3 is 0 Å². The molecule has 0 aliphatic carbocycles. The van der Waals surface area contributed by atoms with Gasteiger partial charge in [0.05, 0.1) is 11.4 Å². The van der Waals surface area contributed by atoms with E-state index in [1.807, 2.05) is 13.8 Å². The van der Waals surface area contributed by atoms with Crippen molar-refractivity contribution >= 4 is 15.7 Å². The molecule has 0 fully saturated rings. The Hall–Kier alpha value is -1.10. The Morgan fingerprint density at radius 2 is 2.21 bits per heavy atom. The average Bonchev–Trinajstić information content (AvgIpc) is 2.08. The Kier molecular flexibility index (Phi) is 3.46. The first-order valence-corrected chi connectivity index (χ1v) is 6.11. The summed E-state index contributed by atoms with van der Waals surface area (Å²) in [6.45, 7) is 3.65. The molecule has 14 heavy (non-hydrogen) atoms. The summed E-state index contributed by atoms with van der Waals surface area (Å²) in [5.41, 5.74) is 1.43. The molecule has 0 spiro atoms. The van der Waals surface area contributed by atoms with Crippen molar-refractivity contribution in [3.05, 3.63) is 24.0 Å². The summed E-state index contributed by atoms with van der Waals surface area (Å²) in [4.78, 5) is 3.89. The first kappa shape index (κ1) is 11.0. The lowest BCUT2D eigenvalue weighted by molar-refractivity contribution is 0.600. The first-order valence-electron chi connectivity index (χ1n) is 4.46. The summed E-state index contributed by atoms with van der Waals surface area (Å²) in [5, 5.41) is 0. The molecule has 0 aliphatic rings. The minimum Gasteiger partial charge on any atom is -0.283 e. The maximum Gasteiger partial charge on any atom is 0.232 e. The van der Waals surface area contributed by atoms with Gasteiger partial charge in [-0.1, -0.05) is 6.92 Å². The van der Waals surface area contributed by atoms with Crippen molar-refractivity contribution in [2.45, 2.75) is 20.3 Å². The third kappa shape index (κ3) is 2.99. The molecule has 0 unspecified atom stereocenters. The topological polar surface area (TPSA) is 59.1 Å². The molecular formula is C9H14N2O2S. The second kappa shape index (κ2) is 4.41. The number of sulfonamides is 1. The molecule has 1 aromatic rings. The maximum absolute atomic E-state index is 11.4. The van der Waals surface area contributed by atoms with Crippen LogP contribution in [0.25, 0.3) is 0 Å². The number of hydrogen-bond donors (Lipinski definition) is 1. The van der Waals surface area contributed by atoms with E-state index >= 15 is 0 Å².